The average Bonchev–Trinajstić information content (AvgIpc) is 2.41. The van der Waals surface area contributed by atoms with Crippen molar-refractivity contribution >= 4 is 31.7 Å². The molecule has 1 aromatic rings. The number of carbonyl (C=O) groups is 1. The van der Waals surface area contributed by atoms with Crippen LogP contribution >= 0.6 is 15.9 Å². The summed E-state index contributed by atoms with van der Waals surface area (Å²) in [5, 5.41) is 0. The molecule has 1 aliphatic heterocycles. The molecule has 1 fully saturated rings. The third kappa shape index (κ3) is 4.90. The molecule has 1 unspecified atom stereocenters. The van der Waals surface area contributed by atoms with Gasteiger partial charge in [-0.25, -0.2) is 12.7 Å². The number of rotatable bonds is 5. The number of nitrogens with zero attached hydrogens (tertiary/aromatic N) is 1. The Hall–Kier alpha value is -0.720. The van der Waals surface area contributed by atoms with Crippen LogP contribution in [0.4, 0.5) is 0 Å². The van der Waals surface area contributed by atoms with Crippen LogP contribution in [0, 0.1) is 5.92 Å². The Morgan fingerprint density at radius 3 is 2.76 bits per heavy atom. The lowest BCUT2D eigenvalue weighted by Gasteiger charge is -2.30. The minimum absolute atomic E-state index is 0.142. The Bertz CT molecular complexity index is 615. The van der Waals surface area contributed by atoms with Gasteiger partial charge >= 0.3 is 0 Å². The maximum absolute atomic E-state index is 12.2. The zero-order valence-electron chi connectivity index (χ0n) is 12.1. The van der Waals surface area contributed by atoms with Crippen LogP contribution in [0.1, 0.15) is 24.8 Å². The van der Waals surface area contributed by atoms with Gasteiger partial charge in [0.2, 0.25) is 10.0 Å². The maximum Gasteiger partial charge on any atom is 0.211 e. The highest BCUT2D eigenvalue weighted by Crippen LogP contribution is 2.23. The smallest absolute Gasteiger partial charge is 0.211 e. The average molecular weight is 374 g/mol. The molecule has 21 heavy (non-hydrogen) atoms. The van der Waals surface area contributed by atoms with E-state index in [1.165, 1.54) is 10.6 Å². The van der Waals surface area contributed by atoms with Gasteiger partial charge in [-0.05, 0) is 30.4 Å². The van der Waals surface area contributed by atoms with E-state index < -0.39 is 10.0 Å². The van der Waals surface area contributed by atoms with Crippen molar-refractivity contribution < 1.29 is 13.2 Å². The van der Waals surface area contributed by atoms with Crippen molar-refractivity contribution in [1.29, 1.82) is 0 Å². The first-order chi connectivity index (χ1) is 9.86. The molecule has 1 saturated heterocycles. The first-order valence-corrected chi connectivity index (χ1v) is 9.70. The molecule has 4 nitrogen and oxygen atoms in total. The van der Waals surface area contributed by atoms with Crippen LogP contribution < -0.4 is 0 Å². The highest BCUT2D eigenvalue weighted by molar-refractivity contribution is 9.10. The van der Waals surface area contributed by atoms with E-state index in [2.05, 4.69) is 15.9 Å². The van der Waals surface area contributed by atoms with Gasteiger partial charge in [-0.3, -0.25) is 4.79 Å². The Balaban J connectivity index is 1.92. The Morgan fingerprint density at radius 1 is 1.38 bits per heavy atom. The van der Waals surface area contributed by atoms with Crippen LogP contribution in [0.2, 0.25) is 0 Å². The normalized spacial score (nSPS) is 20.4. The highest BCUT2D eigenvalue weighted by atomic mass is 79.9. The summed E-state index contributed by atoms with van der Waals surface area (Å²) in [7, 11) is -3.15. The van der Waals surface area contributed by atoms with Gasteiger partial charge in [0.25, 0.3) is 0 Å². The van der Waals surface area contributed by atoms with Gasteiger partial charge in [0.15, 0.2) is 0 Å². The molecular weight excluding hydrogens is 354 g/mol. The van der Waals surface area contributed by atoms with Crippen molar-refractivity contribution in [3.05, 3.63) is 34.3 Å². The van der Waals surface area contributed by atoms with E-state index in [-0.39, 0.29) is 11.7 Å². The Kier molecular flexibility index (Phi) is 5.57. The van der Waals surface area contributed by atoms with Gasteiger partial charge in [-0.15, -0.1) is 0 Å². The van der Waals surface area contributed by atoms with Crippen LogP contribution in [0.15, 0.2) is 28.7 Å². The molecule has 0 saturated carbocycles. The van der Waals surface area contributed by atoms with Crippen LogP contribution in [0.3, 0.4) is 0 Å². The summed E-state index contributed by atoms with van der Waals surface area (Å²) in [5.41, 5.74) is 0.985. The molecule has 6 heteroatoms. The SMILES string of the molecule is CS(=O)(=O)N1CCCC(CC(=O)Cc2ccccc2Br)C1. The molecule has 1 atom stereocenters. The molecule has 2 rings (SSSR count). The lowest BCUT2D eigenvalue weighted by Crippen LogP contribution is -2.39. The van der Waals surface area contributed by atoms with Crippen molar-refractivity contribution in [2.24, 2.45) is 5.92 Å². The van der Waals surface area contributed by atoms with E-state index in [1.54, 1.807) is 0 Å². The third-order valence-corrected chi connectivity index (χ3v) is 5.86. The quantitative estimate of drug-likeness (QED) is 0.796. The van der Waals surface area contributed by atoms with E-state index in [0.717, 1.165) is 22.9 Å². The second-order valence-corrected chi connectivity index (χ2v) is 8.48. The summed E-state index contributed by atoms with van der Waals surface area (Å²) >= 11 is 3.45. The number of benzene rings is 1. The topological polar surface area (TPSA) is 54.5 Å². The summed E-state index contributed by atoms with van der Waals surface area (Å²) in [4.78, 5) is 12.2. The molecular formula is C15H20BrNO3S. The lowest BCUT2D eigenvalue weighted by atomic mass is 9.92. The van der Waals surface area contributed by atoms with Crippen molar-refractivity contribution in [3.8, 4) is 0 Å². The predicted molar refractivity (Wildman–Crippen MR) is 86.6 cm³/mol. The fourth-order valence-electron chi connectivity index (χ4n) is 2.74. The van der Waals surface area contributed by atoms with Gasteiger partial charge in [-0.1, -0.05) is 34.1 Å². The zero-order valence-corrected chi connectivity index (χ0v) is 14.5. The van der Waals surface area contributed by atoms with E-state index >= 15 is 0 Å². The first-order valence-electron chi connectivity index (χ1n) is 7.06. The van der Waals surface area contributed by atoms with Gasteiger partial charge < -0.3 is 0 Å². The number of hydrogen-bond donors (Lipinski definition) is 0. The van der Waals surface area contributed by atoms with Gasteiger partial charge in [0, 0.05) is 30.4 Å². The zero-order chi connectivity index (χ0) is 15.5. The molecule has 116 valence electrons. The third-order valence-electron chi connectivity index (χ3n) is 3.81. The lowest BCUT2D eigenvalue weighted by molar-refractivity contribution is -0.119. The fraction of sp³-hybridized carbons (Fsp3) is 0.533. The van der Waals surface area contributed by atoms with Crippen LogP contribution in [0.5, 0.6) is 0 Å². The highest BCUT2D eigenvalue weighted by Gasteiger charge is 2.27. The summed E-state index contributed by atoms with van der Waals surface area (Å²) in [6.45, 7) is 1.05. The number of piperidine rings is 1. The second-order valence-electron chi connectivity index (χ2n) is 5.64. The number of ketones is 1. The number of Topliss-reactive ketones (excluding diaryl/α,β-unsaturated/α-hetero) is 1. The molecule has 0 radical (unpaired) electrons. The van der Waals surface area contributed by atoms with E-state index in [4.69, 9.17) is 0 Å². The standard InChI is InChI=1S/C15H20BrNO3S/c1-21(19,20)17-8-4-5-12(11-17)9-14(18)10-13-6-2-3-7-15(13)16/h2-3,6-7,12H,4-5,8-11H2,1H3. The molecule has 1 heterocycles. The summed E-state index contributed by atoms with van der Waals surface area (Å²) in [5.74, 6) is 0.311. The monoisotopic (exact) mass is 373 g/mol. The Morgan fingerprint density at radius 2 is 2.10 bits per heavy atom. The molecule has 0 bridgehead atoms. The molecule has 1 aromatic carbocycles. The van der Waals surface area contributed by atoms with Gasteiger partial charge in [-0.2, -0.15) is 0 Å². The van der Waals surface area contributed by atoms with Crippen molar-refractivity contribution in [2.75, 3.05) is 19.3 Å². The maximum atomic E-state index is 12.2. The van der Waals surface area contributed by atoms with Crippen LogP contribution in [-0.2, 0) is 21.2 Å². The minimum Gasteiger partial charge on any atom is -0.299 e. The molecule has 0 N–H and O–H groups in total. The van der Waals surface area contributed by atoms with E-state index in [9.17, 15) is 13.2 Å². The van der Waals surface area contributed by atoms with Crippen LogP contribution in [0.25, 0.3) is 0 Å². The minimum atomic E-state index is -3.15. The van der Waals surface area contributed by atoms with Crippen molar-refractivity contribution in [1.82, 2.24) is 4.31 Å². The largest absolute Gasteiger partial charge is 0.299 e. The summed E-state index contributed by atoms with van der Waals surface area (Å²) < 4.78 is 25.6. The number of carbonyl (C=O) groups excluding carboxylic acids is 1. The number of hydrogen-bond acceptors (Lipinski definition) is 3. The predicted octanol–water partition coefficient (Wildman–Crippen LogP) is 2.62. The van der Waals surface area contributed by atoms with Crippen LogP contribution in [-0.4, -0.2) is 37.9 Å². The number of halogens is 1. The summed E-state index contributed by atoms with van der Waals surface area (Å²) in [6, 6.07) is 7.70. The molecule has 0 aliphatic carbocycles. The number of sulfonamides is 1. The fourth-order valence-corrected chi connectivity index (χ4v) is 4.11. The molecule has 0 aromatic heterocycles. The van der Waals surface area contributed by atoms with Gasteiger partial charge in [0.1, 0.15) is 5.78 Å². The molecule has 0 amide bonds. The van der Waals surface area contributed by atoms with E-state index in [1.807, 2.05) is 24.3 Å². The second kappa shape index (κ2) is 7.03. The molecule has 1 aliphatic rings. The summed E-state index contributed by atoms with van der Waals surface area (Å²) in [6.07, 6.45) is 3.84. The Labute approximate surface area is 134 Å². The first kappa shape index (κ1) is 16.6. The molecule has 0 spiro atoms. The van der Waals surface area contributed by atoms with E-state index in [0.29, 0.717) is 25.9 Å². The van der Waals surface area contributed by atoms with Crippen molar-refractivity contribution in [3.63, 3.8) is 0 Å². The van der Waals surface area contributed by atoms with Gasteiger partial charge in [0.05, 0.1) is 6.26 Å². The van der Waals surface area contributed by atoms with Crippen molar-refractivity contribution in [2.45, 2.75) is 25.7 Å².